The van der Waals surface area contributed by atoms with Gasteiger partial charge in [-0.05, 0) is 49.4 Å². The van der Waals surface area contributed by atoms with Crippen LogP contribution in [-0.4, -0.2) is 68.1 Å². The van der Waals surface area contributed by atoms with Gasteiger partial charge in [0.15, 0.2) is 10.8 Å². The maximum Gasteiger partial charge on any atom is 0.260 e. The third kappa shape index (κ3) is 7.14. The first kappa shape index (κ1) is 30.5. The number of hydrogen-bond acceptors (Lipinski definition) is 10. The van der Waals surface area contributed by atoms with E-state index >= 15 is 0 Å². The highest BCUT2D eigenvalue weighted by atomic mass is 32.2. The molecular formula is C27H33N5O7S3. The van der Waals surface area contributed by atoms with Gasteiger partial charge >= 0.3 is 0 Å². The van der Waals surface area contributed by atoms with Gasteiger partial charge in [-0.3, -0.25) is 9.59 Å². The monoisotopic (exact) mass is 635 g/mol. The van der Waals surface area contributed by atoms with Gasteiger partial charge in [0.1, 0.15) is 22.2 Å². The molecule has 5 rings (SSSR count). The summed E-state index contributed by atoms with van der Waals surface area (Å²) in [5.41, 5.74) is 0.504. The molecule has 2 N–H and O–H groups in total. The molecular weight excluding hydrogens is 603 g/mol. The second-order valence-electron chi connectivity index (χ2n) is 10.6. The molecule has 2 unspecified atom stereocenters. The van der Waals surface area contributed by atoms with Crippen molar-refractivity contribution in [1.82, 2.24) is 24.5 Å². The minimum atomic E-state index is -4.08. The van der Waals surface area contributed by atoms with Crippen LogP contribution < -0.4 is 10.0 Å². The lowest BCUT2D eigenvalue weighted by atomic mass is 9.85. The van der Waals surface area contributed by atoms with Gasteiger partial charge in [0.05, 0.1) is 17.5 Å². The summed E-state index contributed by atoms with van der Waals surface area (Å²) >= 11 is 1.01. The fraction of sp³-hybridized carbons (Fsp3) is 0.481. The minimum absolute atomic E-state index is 0.0304. The highest BCUT2D eigenvalue weighted by Gasteiger charge is 2.36. The van der Waals surface area contributed by atoms with Crippen LogP contribution in [0.25, 0.3) is 10.6 Å². The highest BCUT2D eigenvalue weighted by Crippen LogP contribution is 2.31. The Morgan fingerprint density at radius 2 is 1.86 bits per heavy atom. The number of rotatable bonds is 10. The van der Waals surface area contributed by atoms with Crippen LogP contribution in [-0.2, 0) is 29.6 Å². The third-order valence-corrected chi connectivity index (χ3v) is 12.5. The van der Waals surface area contributed by atoms with Crippen LogP contribution in [0.15, 0.2) is 62.6 Å². The Balaban J connectivity index is 1.30. The Labute approximate surface area is 249 Å². The first-order chi connectivity index (χ1) is 20.1. The van der Waals surface area contributed by atoms with Gasteiger partial charge in [-0.25, -0.2) is 21.8 Å². The van der Waals surface area contributed by atoms with E-state index in [-0.39, 0.29) is 28.1 Å². The number of thiophene rings is 1. The summed E-state index contributed by atoms with van der Waals surface area (Å²) in [4.78, 5) is 31.3. The summed E-state index contributed by atoms with van der Waals surface area (Å²) in [5.74, 6) is -0.901. The molecule has 15 heteroatoms. The van der Waals surface area contributed by atoms with E-state index in [1.165, 1.54) is 24.6 Å². The van der Waals surface area contributed by atoms with Crippen LogP contribution in [0.5, 0.6) is 0 Å². The number of carbonyl (C=O) groups excluding carboxylic acids is 2. The van der Waals surface area contributed by atoms with Crippen molar-refractivity contribution >= 4 is 43.1 Å². The zero-order valence-electron chi connectivity index (χ0n) is 22.8. The molecule has 4 heterocycles. The smallest absolute Gasteiger partial charge is 0.260 e. The topological polar surface area (TPSA) is 169 Å². The van der Waals surface area contributed by atoms with Crippen molar-refractivity contribution < 1.29 is 30.9 Å². The summed E-state index contributed by atoms with van der Waals surface area (Å²) < 4.78 is 61.5. The normalized spacial score (nSPS) is 20.2. The highest BCUT2D eigenvalue weighted by molar-refractivity contribution is 7.91. The largest absolute Gasteiger partial charge is 0.364 e. The van der Waals surface area contributed by atoms with E-state index < -0.39 is 50.4 Å². The zero-order valence-corrected chi connectivity index (χ0v) is 25.3. The van der Waals surface area contributed by atoms with E-state index in [4.69, 9.17) is 4.52 Å². The van der Waals surface area contributed by atoms with Crippen LogP contribution in [0.1, 0.15) is 51.4 Å². The lowest BCUT2D eigenvalue weighted by Gasteiger charge is -2.27. The number of hydrogen-bond donors (Lipinski definition) is 2. The first-order valence-corrected chi connectivity index (χ1v) is 17.6. The van der Waals surface area contributed by atoms with Crippen LogP contribution in [0.4, 0.5) is 0 Å². The van der Waals surface area contributed by atoms with Crippen molar-refractivity contribution in [2.75, 3.05) is 13.1 Å². The SMILES string of the molecule is O=C1CN(S(=O)(=O)c2ccccn2)CCCC1NC(=O)C(CC1CCCCC1)NS(=O)(=O)c1ccc(-c2ccon2)s1. The quantitative estimate of drug-likeness (QED) is 0.340. The molecule has 12 nitrogen and oxygen atoms in total. The maximum absolute atomic E-state index is 13.6. The van der Waals surface area contributed by atoms with E-state index in [0.717, 1.165) is 47.7 Å². The number of carbonyl (C=O) groups is 2. The average Bonchev–Trinajstić information content (AvgIpc) is 3.66. The summed E-state index contributed by atoms with van der Waals surface area (Å²) in [6, 6.07) is 7.20. The molecule has 42 heavy (non-hydrogen) atoms. The number of ketones is 1. The molecule has 3 aromatic heterocycles. The van der Waals surface area contributed by atoms with Crippen molar-refractivity contribution in [2.24, 2.45) is 5.92 Å². The van der Waals surface area contributed by atoms with Crippen molar-refractivity contribution in [3.05, 3.63) is 48.9 Å². The van der Waals surface area contributed by atoms with Crippen LogP contribution >= 0.6 is 11.3 Å². The number of pyridine rings is 1. The number of sulfonamides is 2. The predicted octanol–water partition coefficient (Wildman–Crippen LogP) is 2.95. The first-order valence-electron chi connectivity index (χ1n) is 13.9. The van der Waals surface area contributed by atoms with E-state index in [1.807, 2.05) is 0 Å². The Hall–Kier alpha value is -2.98. The Bertz CT molecular complexity index is 1590. The molecule has 1 amide bonds. The van der Waals surface area contributed by atoms with Crippen molar-refractivity contribution in [1.29, 1.82) is 0 Å². The number of Topliss-reactive ketones (excluding diaryl/α,β-unsaturated/α-hetero) is 1. The van der Waals surface area contributed by atoms with Crippen molar-refractivity contribution in [2.45, 2.75) is 72.7 Å². The lowest BCUT2D eigenvalue weighted by molar-refractivity contribution is -0.128. The molecule has 0 aromatic carbocycles. The van der Waals surface area contributed by atoms with E-state index in [9.17, 15) is 26.4 Å². The molecule has 3 aromatic rings. The predicted molar refractivity (Wildman–Crippen MR) is 154 cm³/mol. The molecule has 1 saturated carbocycles. The molecule has 1 saturated heterocycles. The Morgan fingerprint density at radius 1 is 1.05 bits per heavy atom. The second kappa shape index (κ2) is 13.1. The average molecular weight is 636 g/mol. The molecule has 2 atom stereocenters. The lowest BCUT2D eigenvalue weighted by Crippen LogP contribution is -2.52. The molecule has 2 fully saturated rings. The molecule has 0 radical (unpaired) electrons. The van der Waals surface area contributed by atoms with E-state index in [2.05, 4.69) is 20.2 Å². The minimum Gasteiger partial charge on any atom is -0.364 e. The maximum atomic E-state index is 13.6. The fourth-order valence-corrected chi connectivity index (χ4v) is 9.28. The van der Waals surface area contributed by atoms with Gasteiger partial charge in [-0.15, -0.1) is 11.3 Å². The van der Waals surface area contributed by atoms with Gasteiger partial charge in [0.2, 0.25) is 5.91 Å². The van der Waals surface area contributed by atoms with Gasteiger partial charge in [-0.1, -0.05) is 43.3 Å². The summed E-state index contributed by atoms with van der Waals surface area (Å²) in [6.45, 7) is -0.315. The number of nitrogens with one attached hydrogen (secondary N) is 2. The molecule has 2 aliphatic rings. The van der Waals surface area contributed by atoms with Gasteiger partial charge < -0.3 is 9.84 Å². The summed E-state index contributed by atoms with van der Waals surface area (Å²) in [6.07, 6.45) is 8.55. The standard InChI is InChI=1S/C27H33N5O7S3/c33-23-18-32(42(37,38)25-10-4-5-14-28-25)15-6-9-20(23)29-27(34)22(17-19-7-2-1-3-8-19)31-41(35,36)26-12-11-24(40-26)21-13-16-39-30-21/h4-5,10-14,16,19-20,22,31H,1-3,6-9,15,17-18H2,(H,29,34). The second-order valence-corrected chi connectivity index (χ2v) is 15.5. The Morgan fingerprint density at radius 3 is 2.57 bits per heavy atom. The van der Waals surface area contributed by atoms with Crippen molar-refractivity contribution in [3.63, 3.8) is 0 Å². The molecule has 0 bridgehead atoms. The van der Waals surface area contributed by atoms with Gasteiger partial charge in [-0.2, -0.15) is 9.03 Å². The van der Waals surface area contributed by atoms with Crippen molar-refractivity contribution in [3.8, 4) is 10.6 Å². The van der Waals surface area contributed by atoms with Gasteiger partial charge in [0.25, 0.3) is 20.0 Å². The number of aromatic nitrogens is 2. The van der Waals surface area contributed by atoms with Crippen LogP contribution in [0.3, 0.4) is 0 Å². The van der Waals surface area contributed by atoms with E-state index in [0.29, 0.717) is 23.4 Å². The summed E-state index contributed by atoms with van der Waals surface area (Å²) in [5, 5.41) is 6.44. The van der Waals surface area contributed by atoms with Crippen LogP contribution in [0, 0.1) is 5.92 Å². The van der Waals surface area contributed by atoms with Gasteiger partial charge in [0, 0.05) is 18.8 Å². The Kier molecular flexibility index (Phi) is 9.52. The number of nitrogens with zero attached hydrogens (tertiary/aromatic N) is 3. The van der Waals surface area contributed by atoms with E-state index in [1.54, 1.807) is 24.3 Å². The molecule has 1 aliphatic heterocycles. The third-order valence-electron chi connectivity index (χ3n) is 7.62. The summed E-state index contributed by atoms with van der Waals surface area (Å²) in [7, 11) is -8.06. The molecule has 0 spiro atoms. The molecule has 226 valence electrons. The zero-order chi connectivity index (χ0) is 29.7. The number of amides is 1. The molecule has 1 aliphatic carbocycles. The van der Waals surface area contributed by atoms with Crippen LogP contribution in [0.2, 0.25) is 0 Å². The fourth-order valence-electron chi connectivity index (χ4n) is 5.41.